The summed E-state index contributed by atoms with van der Waals surface area (Å²) in [5, 5.41) is 6.70. The van der Waals surface area contributed by atoms with Gasteiger partial charge in [-0.25, -0.2) is 0 Å². The van der Waals surface area contributed by atoms with Crippen LogP contribution in [0.4, 0.5) is 5.69 Å². The molecule has 0 fully saturated rings. The maximum absolute atomic E-state index is 11.7. The monoisotopic (exact) mass is 268 g/mol. The number of benzene rings is 1. The van der Waals surface area contributed by atoms with Crippen LogP contribution in [0.3, 0.4) is 0 Å². The Hall–Kier alpha value is -1.06. The molecule has 2 N–H and O–H groups in total. The average molecular weight is 269 g/mol. The van der Waals surface area contributed by atoms with Gasteiger partial charge >= 0.3 is 0 Å². The zero-order valence-electron chi connectivity index (χ0n) is 11.0. The van der Waals surface area contributed by atoms with Crippen molar-refractivity contribution in [2.24, 2.45) is 0 Å². The predicted octanol–water partition coefficient (Wildman–Crippen LogP) is 3.45. The lowest BCUT2D eigenvalue weighted by Gasteiger charge is -2.15. The Morgan fingerprint density at radius 1 is 1.39 bits per heavy atom. The van der Waals surface area contributed by atoms with E-state index in [0.717, 1.165) is 24.9 Å². The van der Waals surface area contributed by atoms with Gasteiger partial charge in [-0.15, -0.1) is 0 Å². The van der Waals surface area contributed by atoms with Crippen LogP contribution in [-0.2, 0) is 4.79 Å². The van der Waals surface area contributed by atoms with Gasteiger partial charge in [0, 0.05) is 16.8 Å². The van der Waals surface area contributed by atoms with Gasteiger partial charge in [0.05, 0.1) is 6.54 Å². The van der Waals surface area contributed by atoms with Gasteiger partial charge < -0.3 is 10.6 Å². The lowest BCUT2D eigenvalue weighted by atomic mass is 10.1. The maximum atomic E-state index is 11.7. The molecule has 0 radical (unpaired) electrons. The summed E-state index contributed by atoms with van der Waals surface area (Å²) in [6, 6.07) is 7.58. The minimum absolute atomic E-state index is 0.0354. The fourth-order valence-electron chi connectivity index (χ4n) is 1.81. The highest BCUT2D eigenvalue weighted by atomic mass is 35.5. The second kappa shape index (κ2) is 8.11. The molecule has 1 unspecified atom stereocenters. The molecule has 0 saturated heterocycles. The van der Waals surface area contributed by atoms with E-state index in [-0.39, 0.29) is 5.91 Å². The van der Waals surface area contributed by atoms with Gasteiger partial charge in [-0.1, -0.05) is 37.9 Å². The third-order valence-corrected chi connectivity index (χ3v) is 3.02. The van der Waals surface area contributed by atoms with E-state index in [1.165, 1.54) is 0 Å². The summed E-state index contributed by atoms with van der Waals surface area (Å²) in [6.45, 7) is 4.61. The van der Waals surface area contributed by atoms with E-state index in [9.17, 15) is 4.79 Å². The second-order valence-corrected chi connectivity index (χ2v) is 4.77. The number of hydrogen-bond donors (Lipinski definition) is 2. The van der Waals surface area contributed by atoms with Crippen molar-refractivity contribution in [2.75, 3.05) is 11.9 Å². The van der Waals surface area contributed by atoms with E-state index in [1.807, 2.05) is 12.1 Å². The highest BCUT2D eigenvalue weighted by Gasteiger charge is 2.07. The molecule has 3 nitrogen and oxygen atoms in total. The van der Waals surface area contributed by atoms with Crippen LogP contribution in [0.2, 0.25) is 5.02 Å². The summed E-state index contributed by atoms with van der Waals surface area (Å²) in [4.78, 5) is 11.7. The van der Waals surface area contributed by atoms with Crippen LogP contribution in [-0.4, -0.2) is 18.5 Å². The number of carbonyl (C=O) groups excluding carboxylic acids is 1. The summed E-state index contributed by atoms with van der Waals surface area (Å²) in [5.74, 6) is -0.0354. The van der Waals surface area contributed by atoms with E-state index < -0.39 is 0 Å². The fraction of sp³-hybridized carbons (Fsp3) is 0.500. The van der Waals surface area contributed by atoms with Crippen molar-refractivity contribution in [1.82, 2.24) is 5.32 Å². The number of nitrogens with one attached hydrogen (secondary N) is 2. The Morgan fingerprint density at radius 3 is 2.78 bits per heavy atom. The molecule has 18 heavy (non-hydrogen) atoms. The normalized spacial score (nSPS) is 12.2. The molecule has 1 rings (SSSR count). The first-order chi connectivity index (χ1) is 8.65. The van der Waals surface area contributed by atoms with Gasteiger partial charge in [-0.3, -0.25) is 4.79 Å². The van der Waals surface area contributed by atoms with Crippen LogP contribution >= 0.6 is 11.6 Å². The molecular weight excluding hydrogens is 248 g/mol. The van der Waals surface area contributed by atoms with Gasteiger partial charge in [-0.05, 0) is 31.0 Å². The zero-order chi connectivity index (χ0) is 13.4. The molecule has 1 atom stereocenters. The first kappa shape index (κ1) is 15.0. The number of amides is 1. The summed E-state index contributed by atoms with van der Waals surface area (Å²) < 4.78 is 0. The van der Waals surface area contributed by atoms with E-state index >= 15 is 0 Å². The molecule has 4 heteroatoms. The minimum atomic E-state index is -0.0354. The molecule has 1 aromatic rings. The Labute approximate surface area is 114 Å². The minimum Gasteiger partial charge on any atom is -0.325 e. The summed E-state index contributed by atoms with van der Waals surface area (Å²) >= 11 is 5.85. The first-order valence-corrected chi connectivity index (χ1v) is 6.82. The SMILES string of the molecule is CCCC(CC)NCC(=O)Nc1cccc(Cl)c1. The van der Waals surface area contributed by atoms with Crippen molar-refractivity contribution >= 4 is 23.2 Å². The van der Waals surface area contributed by atoms with Gasteiger partial charge in [0.25, 0.3) is 0 Å². The van der Waals surface area contributed by atoms with Gasteiger partial charge in [-0.2, -0.15) is 0 Å². The van der Waals surface area contributed by atoms with E-state index in [4.69, 9.17) is 11.6 Å². The van der Waals surface area contributed by atoms with Crippen molar-refractivity contribution in [3.8, 4) is 0 Å². The van der Waals surface area contributed by atoms with Crippen molar-refractivity contribution in [1.29, 1.82) is 0 Å². The molecular formula is C14H21ClN2O. The fourth-order valence-corrected chi connectivity index (χ4v) is 2.00. The molecule has 0 heterocycles. The van der Waals surface area contributed by atoms with Crippen LogP contribution in [0, 0.1) is 0 Å². The molecule has 0 aliphatic heterocycles. The zero-order valence-corrected chi connectivity index (χ0v) is 11.8. The molecule has 1 amide bonds. The van der Waals surface area contributed by atoms with Crippen molar-refractivity contribution < 1.29 is 4.79 Å². The van der Waals surface area contributed by atoms with Crippen molar-refractivity contribution in [3.05, 3.63) is 29.3 Å². The second-order valence-electron chi connectivity index (χ2n) is 4.33. The molecule has 1 aromatic carbocycles. The Morgan fingerprint density at radius 2 is 2.17 bits per heavy atom. The van der Waals surface area contributed by atoms with E-state index in [0.29, 0.717) is 17.6 Å². The van der Waals surface area contributed by atoms with Crippen LogP contribution < -0.4 is 10.6 Å². The highest BCUT2D eigenvalue weighted by Crippen LogP contribution is 2.14. The van der Waals surface area contributed by atoms with Crippen molar-refractivity contribution in [2.45, 2.75) is 39.2 Å². The smallest absolute Gasteiger partial charge is 0.238 e. The van der Waals surface area contributed by atoms with E-state index in [2.05, 4.69) is 24.5 Å². The summed E-state index contributed by atoms with van der Waals surface area (Å²) in [5.41, 5.74) is 0.734. The topological polar surface area (TPSA) is 41.1 Å². The third-order valence-electron chi connectivity index (χ3n) is 2.79. The number of hydrogen-bond acceptors (Lipinski definition) is 2. The van der Waals surface area contributed by atoms with Crippen LogP contribution in [0.15, 0.2) is 24.3 Å². The Kier molecular flexibility index (Phi) is 6.76. The van der Waals surface area contributed by atoms with Crippen LogP contribution in [0.1, 0.15) is 33.1 Å². The molecule has 0 aromatic heterocycles. The lowest BCUT2D eigenvalue weighted by Crippen LogP contribution is -2.35. The Bertz CT molecular complexity index is 382. The first-order valence-electron chi connectivity index (χ1n) is 6.44. The molecule has 0 bridgehead atoms. The molecule has 0 aliphatic rings. The lowest BCUT2D eigenvalue weighted by molar-refractivity contribution is -0.115. The molecule has 100 valence electrons. The van der Waals surface area contributed by atoms with Gasteiger partial charge in [0.15, 0.2) is 0 Å². The van der Waals surface area contributed by atoms with Crippen LogP contribution in [0.25, 0.3) is 0 Å². The predicted molar refractivity (Wildman–Crippen MR) is 77.1 cm³/mol. The van der Waals surface area contributed by atoms with Crippen molar-refractivity contribution in [3.63, 3.8) is 0 Å². The van der Waals surface area contributed by atoms with Gasteiger partial charge in [0.2, 0.25) is 5.91 Å². The Balaban J connectivity index is 2.37. The summed E-state index contributed by atoms with van der Waals surface area (Å²) in [6.07, 6.45) is 3.26. The average Bonchev–Trinajstić information content (AvgIpc) is 2.34. The summed E-state index contributed by atoms with van der Waals surface area (Å²) in [7, 11) is 0. The third kappa shape index (κ3) is 5.52. The number of rotatable bonds is 7. The van der Waals surface area contributed by atoms with Gasteiger partial charge in [0.1, 0.15) is 0 Å². The molecule has 0 saturated carbocycles. The highest BCUT2D eigenvalue weighted by molar-refractivity contribution is 6.30. The molecule has 0 aliphatic carbocycles. The van der Waals surface area contributed by atoms with E-state index in [1.54, 1.807) is 12.1 Å². The number of halogens is 1. The molecule has 0 spiro atoms. The maximum Gasteiger partial charge on any atom is 0.238 e. The number of anilines is 1. The van der Waals surface area contributed by atoms with Crippen LogP contribution in [0.5, 0.6) is 0 Å². The largest absolute Gasteiger partial charge is 0.325 e. The standard InChI is InChI=1S/C14H21ClN2O/c1-3-6-12(4-2)16-10-14(18)17-13-8-5-7-11(15)9-13/h5,7-9,12,16H,3-4,6,10H2,1-2H3,(H,17,18). The number of carbonyl (C=O) groups is 1. The quantitative estimate of drug-likeness (QED) is 0.795.